The SMILES string of the molecule is CCC(CC(=O)N1CCCC(CNC)C1)c1ccccc1. The van der Waals surface area contributed by atoms with Crippen molar-refractivity contribution in [2.75, 3.05) is 26.7 Å². The largest absolute Gasteiger partial charge is 0.342 e. The van der Waals surface area contributed by atoms with Crippen LogP contribution in [0.5, 0.6) is 0 Å². The van der Waals surface area contributed by atoms with Gasteiger partial charge >= 0.3 is 0 Å². The minimum absolute atomic E-state index is 0.325. The molecule has 0 spiro atoms. The van der Waals surface area contributed by atoms with Crippen LogP contribution < -0.4 is 5.32 Å². The first-order valence-electron chi connectivity index (χ1n) is 8.22. The van der Waals surface area contributed by atoms with Gasteiger partial charge in [0, 0.05) is 19.5 Å². The molecule has 2 atom stereocenters. The van der Waals surface area contributed by atoms with Crippen LogP contribution in [0.15, 0.2) is 30.3 Å². The number of amides is 1. The summed E-state index contributed by atoms with van der Waals surface area (Å²) in [5.41, 5.74) is 1.29. The van der Waals surface area contributed by atoms with Crippen LogP contribution in [0.1, 0.15) is 44.1 Å². The second-order valence-corrected chi connectivity index (χ2v) is 6.13. The smallest absolute Gasteiger partial charge is 0.223 e. The summed E-state index contributed by atoms with van der Waals surface area (Å²) in [4.78, 5) is 14.7. The summed E-state index contributed by atoms with van der Waals surface area (Å²) < 4.78 is 0. The standard InChI is InChI=1S/C18H28N2O/c1-3-16(17-9-5-4-6-10-17)12-18(21)20-11-7-8-15(14-20)13-19-2/h4-6,9-10,15-16,19H,3,7-8,11-14H2,1-2H3. The van der Waals surface area contributed by atoms with Crippen molar-refractivity contribution in [1.82, 2.24) is 10.2 Å². The Hall–Kier alpha value is -1.35. The lowest BCUT2D eigenvalue weighted by molar-refractivity contribution is -0.133. The van der Waals surface area contributed by atoms with E-state index in [0.29, 0.717) is 24.2 Å². The van der Waals surface area contributed by atoms with E-state index < -0.39 is 0 Å². The third kappa shape index (κ3) is 4.57. The van der Waals surface area contributed by atoms with E-state index in [-0.39, 0.29) is 0 Å². The van der Waals surface area contributed by atoms with Crippen LogP contribution in [0, 0.1) is 5.92 Å². The predicted octanol–water partition coefficient (Wildman–Crippen LogP) is 3.03. The first kappa shape index (κ1) is 16.0. The molecule has 3 heteroatoms. The maximum absolute atomic E-state index is 12.6. The highest BCUT2D eigenvalue weighted by Crippen LogP contribution is 2.25. The van der Waals surface area contributed by atoms with Gasteiger partial charge in [-0.15, -0.1) is 0 Å². The van der Waals surface area contributed by atoms with Crippen molar-refractivity contribution in [1.29, 1.82) is 0 Å². The lowest BCUT2D eigenvalue weighted by Crippen LogP contribution is -2.42. The Balaban J connectivity index is 1.93. The van der Waals surface area contributed by atoms with Gasteiger partial charge in [-0.1, -0.05) is 37.3 Å². The second-order valence-electron chi connectivity index (χ2n) is 6.13. The monoisotopic (exact) mass is 288 g/mol. The van der Waals surface area contributed by atoms with Gasteiger partial charge in [0.25, 0.3) is 0 Å². The molecule has 1 heterocycles. The molecule has 1 aliphatic heterocycles. The van der Waals surface area contributed by atoms with E-state index in [9.17, 15) is 4.79 Å². The molecule has 1 aromatic carbocycles. The fraction of sp³-hybridized carbons (Fsp3) is 0.611. The molecule has 1 fully saturated rings. The van der Waals surface area contributed by atoms with E-state index in [1.54, 1.807) is 0 Å². The number of nitrogens with one attached hydrogen (secondary N) is 1. The Kier molecular flexibility index (Phi) is 6.24. The van der Waals surface area contributed by atoms with Crippen molar-refractivity contribution in [3.63, 3.8) is 0 Å². The molecule has 2 unspecified atom stereocenters. The number of rotatable bonds is 6. The van der Waals surface area contributed by atoms with Crippen molar-refractivity contribution in [3.8, 4) is 0 Å². The molecule has 0 saturated carbocycles. The highest BCUT2D eigenvalue weighted by molar-refractivity contribution is 5.77. The Bertz CT molecular complexity index is 430. The summed E-state index contributed by atoms with van der Waals surface area (Å²) in [5, 5.41) is 3.24. The van der Waals surface area contributed by atoms with Crippen molar-refractivity contribution < 1.29 is 4.79 Å². The van der Waals surface area contributed by atoms with Gasteiger partial charge in [0.15, 0.2) is 0 Å². The molecule has 116 valence electrons. The lowest BCUT2D eigenvalue weighted by Gasteiger charge is -2.33. The molecule has 1 saturated heterocycles. The van der Waals surface area contributed by atoms with Crippen LogP contribution in [0.2, 0.25) is 0 Å². The van der Waals surface area contributed by atoms with Crippen LogP contribution in [0.3, 0.4) is 0 Å². The zero-order valence-corrected chi connectivity index (χ0v) is 13.3. The minimum atomic E-state index is 0.325. The number of carbonyl (C=O) groups is 1. The van der Waals surface area contributed by atoms with E-state index in [1.807, 2.05) is 13.1 Å². The number of benzene rings is 1. The zero-order chi connectivity index (χ0) is 15.1. The number of hydrogen-bond donors (Lipinski definition) is 1. The summed E-state index contributed by atoms with van der Waals surface area (Å²) in [6.45, 7) is 5.04. The molecular formula is C18H28N2O. The van der Waals surface area contributed by atoms with Crippen LogP contribution >= 0.6 is 0 Å². The average Bonchev–Trinajstić information content (AvgIpc) is 2.54. The van der Waals surface area contributed by atoms with Gasteiger partial charge in [0.05, 0.1) is 0 Å². The van der Waals surface area contributed by atoms with Gasteiger partial charge < -0.3 is 10.2 Å². The normalized spacial score (nSPS) is 20.3. The summed E-state index contributed by atoms with van der Waals surface area (Å²) in [6.07, 6.45) is 4.04. The van der Waals surface area contributed by atoms with Gasteiger partial charge in [0.2, 0.25) is 5.91 Å². The van der Waals surface area contributed by atoms with Crippen molar-refractivity contribution in [3.05, 3.63) is 35.9 Å². The topological polar surface area (TPSA) is 32.3 Å². The van der Waals surface area contributed by atoms with E-state index in [1.165, 1.54) is 12.0 Å². The van der Waals surface area contributed by atoms with E-state index in [0.717, 1.165) is 32.5 Å². The summed E-state index contributed by atoms with van der Waals surface area (Å²) in [5.74, 6) is 1.29. The highest BCUT2D eigenvalue weighted by atomic mass is 16.2. The first-order chi connectivity index (χ1) is 10.2. The molecule has 1 N–H and O–H groups in total. The third-order valence-electron chi connectivity index (χ3n) is 4.55. The number of nitrogens with zero attached hydrogens (tertiary/aromatic N) is 1. The first-order valence-corrected chi connectivity index (χ1v) is 8.22. The van der Waals surface area contributed by atoms with Crippen molar-refractivity contribution in [2.45, 2.75) is 38.5 Å². The lowest BCUT2D eigenvalue weighted by atomic mass is 9.91. The Morgan fingerprint density at radius 2 is 2.14 bits per heavy atom. The number of carbonyl (C=O) groups excluding carboxylic acids is 1. The summed E-state index contributed by atoms with van der Waals surface area (Å²) >= 11 is 0. The van der Waals surface area contributed by atoms with Gasteiger partial charge in [-0.25, -0.2) is 0 Å². The predicted molar refractivity (Wildman–Crippen MR) is 87.3 cm³/mol. The Morgan fingerprint density at radius 3 is 2.81 bits per heavy atom. The van der Waals surface area contributed by atoms with Crippen LogP contribution in [0.25, 0.3) is 0 Å². The van der Waals surface area contributed by atoms with Crippen LogP contribution in [-0.2, 0) is 4.79 Å². The number of hydrogen-bond acceptors (Lipinski definition) is 2. The fourth-order valence-electron chi connectivity index (χ4n) is 3.31. The molecule has 0 radical (unpaired) electrons. The van der Waals surface area contributed by atoms with Gasteiger partial charge in [0.1, 0.15) is 0 Å². The van der Waals surface area contributed by atoms with E-state index in [4.69, 9.17) is 0 Å². The summed E-state index contributed by atoms with van der Waals surface area (Å²) in [7, 11) is 1.99. The van der Waals surface area contributed by atoms with E-state index in [2.05, 4.69) is 41.4 Å². The molecule has 3 nitrogen and oxygen atoms in total. The Labute approximate surface area is 128 Å². The van der Waals surface area contributed by atoms with Crippen LogP contribution in [0.4, 0.5) is 0 Å². The Morgan fingerprint density at radius 1 is 1.38 bits per heavy atom. The molecular weight excluding hydrogens is 260 g/mol. The number of likely N-dealkylation sites (tertiary alicyclic amines) is 1. The second kappa shape index (κ2) is 8.18. The maximum atomic E-state index is 12.6. The molecule has 0 aromatic heterocycles. The highest BCUT2D eigenvalue weighted by Gasteiger charge is 2.25. The molecule has 1 aromatic rings. The zero-order valence-electron chi connectivity index (χ0n) is 13.3. The van der Waals surface area contributed by atoms with E-state index >= 15 is 0 Å². The molecule has 0 aliphatic carbocycles. The van der Waals surface area contributed by atoms with Crippen molar-refractivity contribution in [2.24, 2.45) is 5.92 Å². The fourth-order valence-corrected chi connectivity index (χ4v) is 3.31. The minimum Gasteiger partial charge on any atom is -0.342 e. The average molecular weight is 288 g/mol. The van der Waals surface area contributed by atoms with Gasteiger partial charge in [-0.05, 0) is 50.3 Å². The van der Waals surface area contributed by atoms with Gasteiger partial charge in [-0.3, -0.25) is 4.79 Å². The molecule has 2 rings (SSSR count). The summed E-state index contributed by atoms with van der Waals surface area (Å²) in [6, 6.07) is 10.4. The molecule has 21 heavy (non-hydrogen) atoms. The quantitative estimate of drug-likeness (QED) is 0.872. The third-order valence-corrected chi connectivity index (χ3v) is 4.55. The molecule has 1 amide bonds. The number of piperidine rings is 1. The van der Waals surface area contributed by atoms with Crippen LogP contribution in [-0.4, -0.2) is 37.5 Å². The molecule has 0 bridgehead atoms. The maximum Gasteiger partial charge on any atom is 0.223 e. The van der Waals surface area contributed by atoms with Crippen molar-refractivity contribution >= 4 is 5.91 Å². The van der Waals surface area contributed by atoms with Gasteiger partial charge in [-0.2, -0.15) is 0 Å². The molecule has 1 aliphatic rings.